The fourth-order valence-electron chi connectivity index (χ4n) is 2.46. The third kappa shape index (κ3) is 1.62. The third-order valence-electron chi connectivity index (χ3n) is 3.40. The molecule has 5 heteroatoms. The topological polar surface area (TPSA) is 49.2 Å². The average molecular weight is 251 g/mol. The highest BCUT2D eigenvalue weighted by Gasteiger charge is 2.58. The number of hydrogen-bond acceptors (Lipinski definition) is 2. The highest BCUT2D eigenvalue weighted by Crippen LogP contribution is 2.34. The van der Waals surface area contributed by atoms with E-state index in [-0.39, 0.29) is 5.82 Å². The molecule has 0 spiro atoms. The predicted octanol–water partition coefficient (Wildman–Crippen LogP) is 2.30. The van der Waals surface area contributed by atoms with Gasteiger partial charge in [-0.15, -0.1) is 5.21 Å². The molecule has 0 amide bonds. The fraction of sp³-hybridized carbons (Fsp3) is 0.462. The molecule has 0 N–H and O–H groups in total. The summed E-state index contributed by atoms with van der Waals surface area (Å²) < 4.78 is 13.6. The second-order valence-electron chi connectivity index (χ2n) is 5.50. The smallest absolute Gasteiger partial charge is 0.248 e. The van der Waals surface area contributed by atoms with Crippen LogP contribution in [-0.4, -0.2) is 26.7 Å². The van der Waals surface area contributed by atoms with Crippen LogP contribution in [0, 0.1) is 11.0 Å². The molecule has 0 fully saturated rings. The number of nitrogens with zero attached hydrogens (tertiary/aromatic N) is 2. The van der Waals surface area contributed by atoms with Crippen molar-refractivity contribution in [3.63, 3.8) is 0 Å². The summed E-state index contributed by atoms with van der Waals surface area (Å²) in [5, 5.41) is 25.3. The molecule has 0 atom stereocenters. The van der Waals surface area contributed by atoms with Crippen molar-refractivity contribution in [2.75, 3.05) is 0 Å². The number of rotatable bonds is 1. The molecule has 2 rings (SSSR count). The first-order valence-corrected chi connectivity index (χ1v) is 5.77. The van der Waals surface area contributed by atoms with Crippen LogP contribution in [-0.2, 0) is 5.21 Å². The lowest BCUT2D eigenvalue weighted by atomic mass is 9.93. The van der Waals surface area contributed by atoms with Crippen LogP contribution in [0.2, 0.25) is 0 Å². The van der Waals surface area contributed by atoms with Crippen LogP contribution >= 0.6 is 0 Å². The Morgan fingerprint density at radius 2 is 1.67 bits per heavy atom. The molecular formula is C13H16FN2O2. The summed E-state index contributed by atoms with van der Waals surface area (Å²) in [6.45, 7) is 6.53. The molecule has 1 aromatic carbocycles. The van der Waals surface area contributed by atoms with Gasteiger partial charge in [-0.05, 0) is 38.1 Å². The molecule has 0 aliphatic carbocycles. The van der Waals surface area contributed by atoms with Gasteiger partial charge in [0.05, 0.1) is 0 Å². The van der Waals surface area contributed by atoms with Gasteiger partial charge in [-0.2, -0.15) is 4.74 Å². The maximum absolute atomic E-state index is 12.9. The van der Waals surface area contributed by atoms with Gasteiger partial charge in [0.1, 0.15) is 11.4 Å². The van der Waals surface area contributed by atoms with E-state index in [2.05, 4.69) is 0 Å². The largest absolute Gasteiger partial charge is 0.622 e. The molecule has 0 aromatic heterocycles. The van der Waals surface area contributed by atoms with E-state index in [1.807, 2.05) is 0 Å². The molecule has 1 aliphatic heterocycles. The van der Waals surface area contributed by atoms with Crippen molar-refractivity contribution in [3.8, 4) is 0 Å². The van der Waals surface area contributed by atoms with Gasteiger partial charge in [-0.25, -0.2) is 4.39 Å². The maximum Gasteiger partial charge on any atom is 0.248 e. The van der Waals surface area contributed by atoms with Gasteiger partial charge in [0.2, 0.25) is 11.4 Å². The van der Waals surface area contributed by atoms with Crippen molar-refractivity contribution in [1.82, 2.24) is 5.06 Å². The van der Waals surface area contributed by atoms with Gasteiger partial charge in [0, 0.05) is 19.4 Å². The van der Waals surface area contributed by atoms with Crippen LogP contribution in [0.3, 0.4) is 0 Å². The highest BCUT2D eigenvalue weighted by atomic mass is 19.1. The number of halogens is 1. The lowest BCUT2D eigenvalue weighted by molar-refractivity contribution is -0.586. The van der Waals surface area contributed by atoms with Crippen LogP contribution < -0.4 is 0 Å². The molecule has 1 heterocycles. The minimum absolute atomic E-state index is 0.363. The summed E-state index contributed by atoms with van der Waals surface area (Å²) >= 11 is 0. The molecule has 1 aliphatic rings. The Morgan fingerprint density at radius 3 is 2.06 bits per heavy atom. The van der Waals surface area contributed by atoms with Crippen molar-refractivity contribution < 1.29 is 14.3 Å². The standard InChI is InChI=1S/C13H16FN2O2/c1-12(2)11(9-5-7-10(14)8-6-9)15(17)13(3,4)16(12)18/h5-8H,1-4H3. The fourth-order valence-corrected chi connectivity index (χ4v) is 2.46. The molecule has 0 saturated heterocycles. The van der Waals surface area contributed by atoms with E-state index in [4.69, 9.17) is 0 Å². The van der Waals surface area contributed by atoms with E-state index in [9.17, 15) is 14.8 Å². The summed E-state index contributed by atoms with van der Waals surface area (Å²) in [6, 6.07) is 5.61. The summed E-state index contributed by atoms with van der Waals surface area (Å²) in [5.41, 5.74) is -1.17. The molecule has 0 saturated carbocycles. The van der Waals surface area contributed by atoms with Gasteiger partial charge in [0.15, 0.2) is 0 Å². The lowest BCUT2D eigenvalue weighted by Crippen LogP contribution is -2.50. The first kappa shape index (κ1) is 13.0. The van der Waals surface area contributed by atoms with Gasteiger partial charge in [-0.3, -0.25) is 0 Å². The summed E-state index contributed by atoms with van der Waals surface area (Å²) in [7, 11) is 0. The molecule has 0 bridgehead atoms. The van der Waals surface area contributed by atoms with Crippen LogP contribution in [0.15, 0.2) is 24.3 Å². The Bertz CT molecular complexity index is 506. The SMILES string of the molecule is CC1(C)C(c2ccc(F)cc2)=[N+]([O-])C(C)(C)N1[O]. The Balaban J connectivity index is 2.61. The molecule has 18 heavy (non-hydrogen) atoms. The van der Waals surface area contributed by atoms with E-state index in [0.717, 1.165) is 5.06 Å². The molecule has 0 unspecified atom stereocenters. The van der Waals surface area contributed by atoms with E-state index in [1.54, 1.807) is 27.7 Å². The van der Waals surface area contributed by atoms with Crippen LogP contribution in [0.5, 0.6) is 0 Å². The number of hydroxylamine groups is 3. The van der Waals surface area contributed by atoms with Crippen LogP contribution in [0.25, 0.3) is 0 Å². The third-order valence-corrected chi connectivity index (χ3v) is 3.40. The van der Waals surface area contributed by atoms with E-state index in [1.165, 1.54) is 24.3 Å². The Kier molecular flexibility index (Phi) is 2.72. The first-order chi connectivity index (χ1) is 8.19. The molecule has 97 valence electrons. The summed E-state index contributed by atoms with van der Waals surface area (Å²) in [4.78, 5) is 0. The molecule has 1 aromatic rings. The average Bonchev–Trinajstić information content (AvgIpc) is 2.40. The van der Waals surface area contributed by atoms with Gasteiger partial charge >= 0.3 is 0 Å². The second kappa shape index (κ2) is 3.76. The number of benzene rings is 1. The molecule has 1 radical (unpaired) electrons. The van der Waals surface area contributed by atoms with Gasteiger partial charge < -0.3 is 5.21 Å². The summed E-state index contributed by atoms with van der Waals surface area (Å²) in [6.07, 6.45) is 0. The van der Waals surface area contributed by atoms with E-state index >= 15 is 0 Å². The zero-order valence-electron chi connectivity index (χ0n) is 10.9. The van der Waals surface area contributed by atoms with Crippen molar-refractivity contribution in [2.24, 2.45) is 0 Å². The van der Waals surface area contributed by atoms with Gasteiger partial charge in [-0.1, -0.05) is 5.06 Å². The Morgan fingerprint density at radius 1 is 1.17 bits per heavy atom. The molecular weight excluding hydrogens is 235 g/mol. The Labute approximate surface area is 106 Å². The first-order valence-electron chi connectivity index (χ1n) is 5.77. The highest BCUT2D eigenvalue weighted by molar-refractivity contribution is 6.04. The van der Waals surface area contributed by atoms with Crippen LogP contribution in [0.4, 0.5) is 4.39 Å². The van der Waals surface area contributed by atoms with Crippen molar-refractivity contribution in [1.29, 1.82) is 0 Å². The zero-order chi connectivity index (χ0) is 13.7. The monoisotopic (exact) mass is 251 g/mol. The zero-order valence-corrected chi connectivity index (χ0v) is 10.9. The minimum atomic E-state index is -1.16. The number of hydrogen-bond donors (Lipinski definition) is 0. The quantitative estimate of drug-likeness (QED) is 0.568. The minimum Gasteiger partial charge on any atom is -0.622 e. The lowest BCUT2D eigenvalue weighted by Gasteiger charge is -2.27. The van der Waals surface area contributed by atoms with Crippen molar-refractivity contribution >= 4 is 5.71 Å². The maximum atomic E-state index is 12.9. The van der Waals surface area contributed by atoms with E-state index < -0.39 is 11.2 Å². The van der Waals surface area contributed by atoms with Crippen molar-refractivity contribution in [3.05, 3.63) is 40.9 Å². The molecule has 4 nitrogen and oxygen atoms in total. The van der Waals surface area contributed by atoms with Crippen LogP contribution in [0.1, 0.15) is 33.3 Å². The predicted molar refractivity (Wildman–Crippen MR) is 64.8 cm³/mol. The Hall–Kier alpha value is -1.46. The van der Waals surface area contributed by atoms with Gasteiger partial charge in [0.25, 0.3) is 0 Å². The van der Waals surface area contributed by atoms with E-state index in [0.29, 0.717) is 16.0 Å². The summed E-state index contributed by atoms with van der Waals surface area (Å²) in [5.74, 6) is -0.370. The second-order valence-corrected chi connectivity index (χ2v) is 5.50. The van der Waals surface area contributed by atoms with Crippen molar-refractivity contribution in [2.45, 2.75) is 38.9 Å². The normalized spacial score (nSPS) is 22.6.